The highest BCUT2D eigenvalue weighted by Crippen LogP contribution is 2.23. The molecule has 2 aromatic carbocycles. The summed E-state index contributed by atoms with van der Waals surface area (Å²) >= 11 is 5.91. The van der Waals surface area contributed by atoms with Crippen molar-refractivity contribution in [2.45, 2.75) is 25.3 Å². The summed E-state index contributed by atoms with van der Waals surface area (Å²) in [5, 5.41) is 8.59. The lowest BCUT2D eigenvalue weighted by molar-refractivity contribution is 0.0618. The Morgan fingerprint density at radius 3 is 2.58 bits per heavy atom. The highest BCUT2D eigenvalue weighted by atomic mass is 35.5. The van der Waals surface area contributed by atoms with Gasteiger partial charge in [-0.05, 0) is 47.7 Å². The second-order valence-electron chi connectivity index (χ2n) is 6.60. The molecule has 0 radical (unpaired) electrons. The molecule has 4 aromatic rings. The van der Waals surface area contributed by atoms with Crippen LogP contribution >= 0.6 is 11.6 Å². The highest BCUT2D eigenvalue weighted by molar-refractivity contribution is 7.89. The van der Waals surface area contributed by atoms with Crippen molar-refractivity contribution >= 4 is 32.7 Å². The minimum Gasteiger partial charge on any atom is -0.437 e. The minimum absolute atomic E-state index is 0.0148. The molecular weight excluding hydrogens is 442 g/mol. The number of rotatable bonds is 8. The third kappa shape index (κ3) is 4.27. The van der Waals surface area contributed by atoms with E-state index in [0.29, 0.717) is 40.8 Å². The van der Waals surface area contributed by atoms with E-state index in [0.717, 1.165) is 5.56 Å². The van der Waals surface area contributed by atoms with Crippen LogP contribution in [-0.2, 0) is 16.6 Å². The lowest BCUT2D eigenvalue weighted by Crippen LogP contribution is -2.30. The van der Waals surface area contributed by atoms with Gasteiger partial charge in [-0.2, -0.15) is 4.31 Å². The van der Waals surface area contributed by atoms with Crippen LogP contribution in [0.2, 0.25) is 5.02 Å². The van der Waals surface area contributed by atoms with E-state index in [1.807, 2.05) is 12.1 Å². The van der Waals surface area contributed by atoms with Gasteiger partial charge in [-0.15, -0.1) is 5.10 Å². The fourth-order valence-electron chi connectivity index (χ4n) is 3.09. The van der Waals surface area contributed by atoms with E-state index < -0.39 is 10.0 Å². The van der Waals surface area contributed by atoms with Crippen molar-refractivity contribution in [3.8, 4) is 11.3 Å². The van der Waals surface area contributed by atoms with E-state index >= 15 is 0 Å². The van der Waals surface area contributed by atoms with Gasteiger partial charge in [-0.1, -0.05) is 30.3 Å². The van der Waals surface area contributed by atoms with E-state index in [-0.39, 0.29) is 11.5 Å². The number of sulfonamides is 1. The maximum Gasteiger partial charge on any atom is 0.243 e. The molecule has 0 unspecified atom stereocenters. The molecule has 2 aromatic heterocycles. The Kier molecular flexibility index (Phi) is 5.94. The summed E-state index contributed by atoms with van der Waals surface area (Å²) in [6.45, 7) is 4.33. The molecule has 0 spiro atoms. The monoisotopic (exact) mass is 461 g/mol. The molecule has 0 aliphatic heterocycles. The Morgan fingerprint density at radius 1 is 1.13 bits per heavy atom. The lowest BCUT2D eigenvalue weighted by atomic mass is 10.2. The van der Waals surface area contributed by atoms with Gasteiger partial charge in [0.15, 0.2) is 12.4 Å². The Labute approximate surface area is 184 Å². The standard InChI is InChI=1S/C20H20ClN5O4S/c1-3-25(4-2)31(27,28)16-9-10-17-18(11-16)26(24-23-17)29-13-20-22-12-19(30-20)14-5-7-15(21)8-6-14/h5-12H,3-4,13H2,1-2H3. The first kappa shape index (κ1) is 21.3. The van der Waals surface area contributed by atoms with Crippen LogP contribution in [0.4, 0.5) is 0 Å². The van der Waals surface area contributed by atoms with Crippen molar-refractivity contribution in [3.05, 3.63) is 59.6 Å². The highest BCUT2D eigenvalue weighted by Gasteiger charge is 2.23. The molecular formula is C20H20ClN5O4S. The molecule has 9 nitrogen and oxygen atoms in total. The van der Waals surface area contributed by atoms with Crippen molar-refractivity contribution in [3.63, 3.8) is 0 Å². The third-order valence-electron chi connectivity index (χ3n) is 4.72. The predicted molar refractivity (Wildman–Crippen MR) is 115 cm³/mol. The van der Waals surface area contributed by atoms with Crippen LogP contribution in [0.25, 0.3) is 22.4 Å². The Hall–Kier alpha value is -2.95. The number of nitrogens with zero attached hydrogens (tertiary/aromatic N) is 5. The summed E-state index contributed by atoms with van der Waals surface area (Å²) in [6, 6.07) is 11.8. The van der Waals surface area contributed by atoms with E-state index in [1.54, 1.807) is 38.2 Å². The number of aromatic nitrogens is 4. The van der Waals surface area contributed by atoms with Gasteiger partial charge in [0.1, 0.15) is 11.0 Å². The first-order valence-electron chi connectivity index (χ1n) is 9.62. The van der Waals surface area contributed by atoms with Gasteiger partial charge >= 0.3 is 0 Å². The molecule has 0 fully saturated rings. The molecule has 31 heavy (non-hydrogen) atoms. The van der Waals surface area contributed by atoms with E-state index in [9.17, 15) is 8.42 Å². The number of benzene rings is 2. The topological polar surface area (TPSA) is 103 Å². The van der Waals surface area contributed by atoms with Gasteiger partial charge in [-0.3, -0.25) is 0 Å². The Bertz CT molecular complexity index is 1300. The summed E-state index contributed by atoms with van der Waals surface area (Å²) in [5.74, 6) is 0.909. The lowest BCUT2D eigenvalue weighted by Gasteiger charge is -2.18. The maximum absolute atomic E-state index is 12.8. The summed E-state index contributed by atoms with van der Waals surface area (Å²) in [5.41, 5.74) is 1.77. The van der Waals surface area contributed by atoms with Gasteiger partial charge in [0.2, 0.25) is 15.9 Å². The third-order valence-corrected chi connectivity index (χ3v) is 7.02. The molecule has 0 saturated carbocycles. The van der Waals surface area contributed by atoms with Gasteiger partial charge in [0, 0.05) is 23.7 Å². The SMILES string of the molecule is CCN(CC)S(=O)(=O)c1ccc2nnn(OCc3ncc(-c4ccc(Cl)cc4)o3)c2c1. The van der Waals surface area contributed by atoms with Crippen molar-refractivity contribution in [2.75, 3.05) is 13.1 Å². The summed E-state index contributed by atoms with van der Waals surface area (Å²) in [4.78, 5) is 11.2. The van der Waals surface area contributed by atoms with E-state index in [1.165, 1.54) is 21.3 Å². The molecule has 0 bridgehead atoms. The van der Waals surface area contributed by atoms with Crippen LogP contribution in [0, 0.1) is 0 Å². The Balaban J connectivity index is 1.55. The predicted octanol–water partition coefficient (Wildman–Crippen LogP) is 3.40. The molecule has 0 saturated heterocycles. The van der Waals surface area contributed by atoms with Gasteiger partial charge in [0.25, 0.3) is 0 Å². The van der Waals surface area contributed by atoms with Crippen LogP contribution in [0.15, 0.2) is 58.0 Å². The van der Waals surface area contributed by atoms with Gasteiger partial charge in [0.05, 0.1) is 11.1 Å². The van der Waals surface area contributed by atoms with Gasteiger partial charge < -0.3 is 9.25 Å². The van der Waals surface area contributed by atoms with Crippen LogP contribution < -0.4 is 4.84 Å². The van der Waals surface area contributed by atoms with Gasteiger partial charge in [-0.25, -0.2) is 13.4 Å². The molecule has 4 rings (SSSR count). The van der Waals surface area contributed by atoms with Crippen molar-refractivity contribution in [1.29, 1.82) is 0 Å². The molecule has 11 heteroatoms. The zero-order valence-electron chi connectivity index (χ0n) is 16.9. The van der Waals surface area contributed by atoms with Crippen LogP contribution in [0.1, 0.15) is 19.7 Å². The van der Waals surface area contributed by atoms with Crippen molar-refractivity contribution in [1.82, 2.24) is 24.4 Å². The summed E-state index contributed by atoms with van der Waals surface area (Å²) < 4.78 is 32.7. The normalized spacial score (nSPS) is 12.0. The molecule has 0 aliphatic carbocycles. The number of fused-ring (bicyclic) bond motifs is 1. The summed E-state index contributed by atoms with van der Waals surface area (Å²) in [7, 11) is -3.62. The molecule has 162 valence electrons. The maximum atomic E-state index is 12.8. The quantitative estimate of drug-likeness (QED) is 0.396. The second-order valence-corrected chi connectivity index (χ2v) is 8.98. The molecule has 2 heterocycles. The molecule has 0 atom stereocenters. The molecule has 0 N–H and O–H groups in total. The largest absolute Gasteiger partial charge is 0.437 e. The number of halogens is 1. The smallest absolute Gasteiger partial charge is 0.243 e. The number of hydrogen-bond donors (Lipinski definition) is 0. The van der Waals surface area contributed by atoms with E-state index in [4.69, 9.17) is 20.9 Å². The summed E-state index contributed by atoms with van der Waals surface area (Å²) in [6.07, 6.45) is 1.59. The molecule has 0 amide bonds. The molecule has 0 aliphatic rings. The van der Waals surface area contributed by atoms with E-state index in [2.05, 4.69) is 15.3 Å². The number of hydrogen-bond acceptors (Lipinski definition) is 7. The van der Waals surface area contributed by atoms with Crippen LogP contribution in [0.3, 0.4) is 0 Å². The van der Waals surface area contributed by atoms with Crippen molar-refractivity contribution < 1.29 is 17.7 Å². The zero-order valence-corrected chi connectivity index (χ0v) is 18.5. The first-order valence-corrected chi connectivity index (χ1v) is 11.4. The zero-order chi connectivity index (χ0) is 22.0. The average molecular weight is 462 g/mol. The number of oxazole rings is 1. The Morgan fingerprint density at radius 2 is 1.87 bits per heavy atom. The van der Waals surface area contributed by atoms with Crippen LogP contribution in [0.5, 0.6) is 0 Å². The first-order chi connectivity index (χ1) is 14.9. The van der Waals surface area contributed by atoms with Crippen molar-refractivity contribution in [2.24, 2.45) is 0 Å². The van der Waals surface area contributed by atoms with Crippen LogP contribution in [-0.4, -0.2) is 46.0 Å². The average Bonchev–Trinajstić information content (AvgIpc) is 3.40. The fraction of sp³-hybridized carbons (Fsp3) is 0.250. The second kappa shape index (κ2) is 8.66. The minimum atomic E-state index is -3.62. The fourth-order valence-corrected chi connectivity index (χ4v) is 4.69.